The number of carbonyl (C=O) groups is 1. The van der Waals surface area contributed by atoms with Crippen LogP contribution in [0.25, 0.3) is 0 Å². The molecule has 3 heteroatoms. The molecule has 0 heterocycles. The zero-order chi connectivity index (χ0) is 12.5. The second-order valence-electron chi connectivity index (χ2n) is 4.62. The van der Waals surface area contributed by atoms with Crippen LogP contribution in [0.5, 0.6) is 0 Å². The number of carbonyl (C=O) groups excluding carboxylic acids is 1. The molecule has 94 valence electrons. The van der Waals surface area contributed by atoms with Gasteiger partial charge in [0, 0.05) is 6.54 Å². The molecule has 0 aromatic heterocycles. The highest BCUT2D eigenvalue weighted by atomic mass is 16.1. The lowest BCUT2D eigenvalue weighted by Gasteiger charge is -2.08. The summed E-state index contributed by atoms with van der Waals surface area (Å²) in [7, 11) is 0. The predicted octanol–water partition coefficient (Wildman–Crippen LogP) is 1.94. The van der Waals surface area contributed by atoms with Gasteiger partial charge < -0.3 is 10.6 Å². The van der Waals surface area contributed by atoms with Gasteiger partial charge >= 0.3 is 0 Å². The Morgan fingerprint density at radius 3 is 2.59 bits per heavy atom. The molecule has 0 radical (unpaired) electrons. The molecule has 0 aliphatic carbocycles. The van der Waals surface area contributed by atoms with Crippen molar-refractivity contribution in [3.8, 4) is 0 Å². The van der Waals surface area contributed by atoms with Crippen molar-refractivity contribution in [2.75, 3.05) is 13.1 Å². The number of hydrogen-bond acceptors (Lipinski definition) is 2. The molecule has 0 aliphatic heterocycles. The van der Waals surface area contributed by atoms with Crippen molar-refractivity contribution >= 4 is 5.91 Å². The highest BCUT2D eigenvalue weighted by Gasteiger charge is 2.00. The van der Waals surface area contributed by atoms with E-state index in [-0.39, 0.29) is 5.91 Å². The average Bonchev–Trinajstić information content (AvgIpc) is 2.33. The van der Waals surface area contributed by atoms with E-state index in [1.54, 1.807) is 0 Å². The Morgan fingerprint density at radius 2 is 1.94 bits per heavy atom. The Kier molecular flexibility index (Phi) is 6.33. The quantitative estimate of drug-likeness (QED) is 0.708. The maximum absolute atomic E-state index is 11.5. The molecule has 1 aromatic carbocycles. The van der Waals surface area contributed by atoms with E-state index in [0.717, 1.165) is 18.5 Å². The van der Waals surface area contributed by atoms with Crippen LogP contribution >= 0.6 is 0 Å². The first-order valence-electron chi connectivity index (χ1n) is 6.20. The summed E-state index contributed by atoms with van der Waals surface area (Å²) in [5, 5.41) is 6.03. The van der Waals surface area contributed by atoms with E-state index in [0.29, 0.717) is 19.0 Å². The van der Waals surface area contributed by atoms with Gasteiger partial charge in [0.25, 0.3) is 0 Å². The van der Waals surface area contributed by atoms with Crippen molar-refractivity contribution in [3.05, 3.63) is 35.9 Å². The molecule has 0 spiro atoms. The fourth-order valence-electron chi connectivity index (χ4n) is 1.45. The summed E-state index contributed by atoms with van der Waals surface area (Å²) in [4.78, 5) is 11.5. The van der Waals surface area contributed by atoms with Crippen molar-refractivity contribution in [1.82, 2.24) is 10.6 Å². The Bertz CT molecular complexity index is 322. The lowest BCUT2D eigenvalue weighted by Crippen LogP contribution is -2.34. The Morgan fingerprint density at radius 1 is 1.24 bits per heavy atom. The molecule has 0 fully saturated rings. The summed E-state index contributed by atoms with van der Waals surface area (Å²) in [5.74, 6) is 0.729. The number of rotatable bonds is 7. The third kappa shape index (κ3) is 6.74. The monoisotopic (exact) mass is 234 g/mol. The highest BCUT2D eigenvalue weighted by molar-refractivity contribution is 5.77. The van der Waals surface area contributed by atoms with E-state index >= 15 is 0 Å². The van der Waals surface area contributed by atoms with Gasteiger partial charge in [-0.1, -0.05) is 44.2 Å². The van der Waals surface area contributed by atoms with Crippen molar-refractivity contribution in [3.63, 3.8) is 0 Å². The minimum absolute atomic E-state index is 0.0533. The summed E-state index contributed by atoms with van der Waals surface area (Å²) in [6, 6.07) is 9.93. The molecule has 1 amide bonds. The van der Waals surface area contributed by atoms with Gasteiger partial charge in [0.15, 0.2) is 0 Å². The molecule has 0 saturated heterocycles. The molecule has 0 unspecified atom stereocenters. The lowest BCUT2D eigenvalue weighted by molar-refractivity contribution is -0.120. The van der Waals surface area contributed by atoms with Gasteiger partial charge in [0.1, 0.15) is 0 Å². The largest absolute Gasteiger partial charge is 0.351 e. The summed E-state index contributed by atoms with van der Waals surface area (Å²) < 4.78 is 0. The van der Waals surface area contributed by atoms with Crippen LogP contribution in [0.3, 0.4) is 0 Å². The molecular formula is C14H22N2O. The van der Waals surface area contributed by atoms with Gasteiger partial charge in [-0.15, -0.1) is 0 Å². The van der Waals surface area contributed by atoms with Gasteiger partial charge in [0.05, 0.1) is 6.54 Å². The van der Waals surface area contributed by atoms with Crippen LogP contribution < -0.4 is 10.6 Å². The van der Waals surface area contributed by atoms with E-state index in [4.69, 9.17) is 0 Å². The summed E-state index contributed by atoms with van der Waals surface area (Å²) >= 11 is 0. The lowest BCUT2D eigenvalue weighted by atomic mass is 10.1. The van der Waals surface area contributed by atoms with Gasteiger partial charge in [-0.2, -0.15) is 0 Å². The zero-order valence-electron chi connectivity index (χ0n) is 10.7. The van der Waals surface area contributed by atoms with Gasteiger partial charge in [-0.05, 0) is 24.4 Å². The van der Waals surface area contributed by atoms with E-state index in [1.165, 1.54) is 0 Å². The predicted molar refractivity (Wildman–Crippen MR) is 70.6 cm³/mol. The first-order valence-corrected chi connectivity index (χ1v) is 6.20. The fourth-order valence-corrected chi connectivity index (χ4v) is 1.45. The molecule has 0 bridgehead atoms. The van der Waals surface area contributed by atoms with Crippen LogP contribution in [0.2, 0.25) is 0 Å². The van der Waals surface area contributed by atoms with Crippen LogP contribution in [-0.4, -0.2) is 19.0 Å². The van der Waals surface area contributed by atoms with Gasteiger partial charge in [-0.3, -0.25) is 4.79 Å². The molecule has 2 N–H and O–H groups in total. The number of amides is 1. The highest BCUT2D eigenvalue weighted by Crippen LogP contribution is 1.97. The van der Waals surface area contributed by atoms with Gasteiger partial charge in [0.2, 0.25) is 5.91 Å². The van der Waals surface area contributed by atoms with E-state index in [9.17, 15) is 4.79 Å². The molecule has 17 heavy (non-hydrogen) atoms. The zero-order valence-corrected chi connectivity index (χ0v) is 10.7. The maximum Gasteiger partial charge on any atom is 0.234 e. The molecule has 1 aromatic rings. The van der Waals surface area contributed by atoms with Crippen LogP contribution in [-0.2, 0) is 11.3 Å². The van der Waals surface area contributed by atoms with Crippen LogP contribution in [0.4, 0.5) is 0 Å². The summed E-state index contributed by atoms with van der Waals surface area (Å²) in [5.41, 5.74) is 1.13. The van der Waals surface area contributed by atoms with Crippen LogP contribution in [0, 0.1) is 5.92 Å². The third-order valence-corrected chi connectivity index (χ3v) is 2.52. The Balaban J connectivity index is 2.09. The maximum atomic E-state index is 11.5. The molecule has 0 saturated carbocycles. The van der Waals surface area contributed by atoms with Crippen molar-refractivity contribution in [2.24, 2.45) is 5.92 Å². The Hall–Kier alpha value is -1.35. The first kappa shape index (κ1) is 13.7. The second-order valence-corrected chi connectivity index (χ2v) is 4.62. The molecule has 1 rings (SSSR count). The third-order valence-electron chi connectivity index (χ3n) is 2.52. The normalized spacial score (nSPS) is 10.5. The van der Waals surface area contributed by atoms with Gasteiger partial charge in [-0.25, -0.2) is 0 Å². The van der Waals surface area contributed by atoms with Crippen LogP contribution in [0.1, 0.15) is 25.8 Å². The van der Waals surface area contributed by atoms with Crippen molar-refractivity contribution in [1.29, 1.82) is 0 Å². The topological polar surface area (TPSA) is 41.1 Å². The smallest absolute Gasteiger partial charge is 0.234 e. The van der Waals surface area contributed by atoms with E-state index < -0.39 is 0 Å². The number of nitrogens with one attached hydrogen (secondary N) is 2. The van der Waals surface area contributed by atoms with Crippen LogP contribution in [0.15, 0.2) is 30.3 Å². The van der Waals surface area contributed by atoms with Crippen molar-refractivity contribution < 1.29 is 4.79 Å². The molecule has 3 nitrogen and oxygen atoms in total. The fraction of sp³-hybridized carbons (Fsp3) is 0.500. The SMILES string of the molecule is CC(C)CCNCC(=O)NCc1ccccc1. The molecule has 0 aliphatic rings. The molecule has 0 atom stereocenters. The summed E-state index contributed by atoms with van der Waals surface area (Å²) in [6.07, 6.45) is 1.10. The minimum Gasteiger partial charge on any atom is -0.351 e. The molecular weight excluding hydrogens is 212 g/mol. The first-order chi connectivity index (χ1) is 8.18. The standard InChI is InChI=1S/C14H22N2O/c1-12(2)8-9-15-11-14(17)16-10-13-6-4-3-5-7-13/h3-7,12,15H,8-11H2,1-2H3,(H,16,17). The second kappa shape index (κ2) is 7.85. The minimum atomic E-state index is 0.0533. The van der Waals surface area contributed by atoms with E-state index in [1.807, 2.05) is 30.3 Å². The van der Waals surface area contributed by atoms with E-state index in [2.05, 4.69) is 24.5 Å². The Labute approximate surface area is 104 Å². The number of benzene rings is 1. The average molecular weight is 234 g/mol. The number of hydrogen-bond donors (Lipinski definition) is 2. The van der Waals surface area contributed by atoms with Crippen molar-refractivity contribution in [2.45, 2.75) is 26.8 Å². The summed E-state index contributed by atoms with van der Waals surface area (Å²) in [6.45, 7) is 6.26.